The van der Waals surface area contributed by atoms with Gasteiger partial charge in [0.25, 0.3) is 0 Å². The smallest absolute Gasteiger partial charge is 0.114 e. The molecule has 0 bridgehead atoms. The highest BCUT2D eigenvalue weighted by Crippen LogP contribution is 2.45. The van der Waals surface area contributed by atoms with Crippen LogP contribution < -0.4 is 0 Å². The Hall–Kier alpha value is 0.740. The van der Waals surface area contributed by atoms with Gasteiger partial charge in [-0.25, -0.2) is 0 Å². The van der Waals surface area contributed by atoms with E-state index in [0.717, 1.165) is 0 Å². The van der Waals surface area contributed by atoms with E-state index in [-0.39, 0.29) is 15.1 Å². The second-order valence-electron chi connectivity index (χ2n) is 3.88. The first-order chi connectivity index (χ1) is 7.54. The SMILES string of the molecule is C=CCS(=O)[C@H]1[C@@H](C)[C@@H](C)[C@@H](SSC)S1=O. The van der Waals surface area contributed by atoms with Crippen molar-refractivity contribution in [3.8, 4) is 0 Å². The number of rotatable bonds is 5. The van der Waals surface area contributed by atoms with Crippen molar-refractivity contribution >= 4 is 43.2 Å². The molecule has 1 saturated heterocycles. The second kappa shape index (κ2) is 6.61. The van der Waals surface area contributed by atoms with Gasteiger partial charge in [-0.2, -0.15) is 0 Å². The van der Waals surface area contributed by atoms with Gasteiger partial charge in [0.1, 0.15) is 4.58 Å². The molecule has 2 unspecified atom stereocenters. The summed E-state index contributed by atoms with van der Waals surface area (Å²) in [6.07, 6.45) is 3.65. The molecule has 1 aliphatic rings. The van der Waals surface area contributed by atoms with Gasteiger partial charge >= 0.3 is 0 Å². The maximum atomic E-state index is 12.3. The van der Waals surface area contributed by atoms with Crippen LogP contribution in [0.5, 0.6) is 0 Å². The Morgan fingerprint density at radius 3 is 2.56 bits per heavy atom. The Morgan fingerprint density at radius 2 is 2.06 bits per heavy atom. The van der Waals surface area contributed by atoms with Crippen LogP contribution in [0.25, 0.3) is 0 Å². The number of hydrogen-bond donors (Lipinski definition) is 0. The maximum absolute atomic E-state index is 12.3. The van der Waals surface area contributed by atoms with E-state index < -0.39 is 21.6 Å². The summed E-state index contributed by atoms with van der Waals surface area (Å²) < 4.78 is 24.2. The minimum atomic E-state index is -1.04. The molecular formula is C10H18O2S4. The molecule has 6 atom stereocenters. The van der Waals surface area contributed by atoms with E-state index in [9.17, 15) is 8.42 Å². The van der Waals surface area contributed by atoms with E-state index in [0.29, 0.717) is 11.7 Å². The van der Waals surface area contributed by atoms with Gasteiger partial charge in [0, 0.05) is 16.6 Å². The molecule has 0 saturated carbocycles. The Balaban J connectivity index is 2.84. The van der Waals surface area contributed by atoms with E-state index in [2.05, 4.69) is 20.4 Å². The Kier molecular flexibility index (Phi) is 6.12. The van der Waals surface area contributed by atoms with Gasteiger partial charge in [-0.1, -0.05) is 41.5 Å². The highest BCUT2D eigenvalue weighted by Gasteiger charge is 2.47. The fourth-order valence-corrected chi connectivity index (χ4v) is 10.0. The van der Waals surface area contributed by atoms with Gasteiger partial charge in [0.15, 0.2) is 0 Å². The number of hydrogen-bond acceptors (Lipinski definition) is 4. The lowest BCUT2D eigenvalue weighted by molar-refractivity contribution is 0.465. The quantitative estimate of drug-likeness (QED) is 0.577. The summed E-state index contributed by atoms with van der Waals surface area (Å²) in [4.78, 5) is 0. The molecule has 1 fully saturated rings. The molecule has 16 heavy (non-hydrogen) atoms. The highest BCUT2D eigenvalue weighted by atomic mass is 33.1. The largest absolute Gasteiger partial charge is 0.258 e. The lowest BCUT2D eigenvalue weighted by Crippen LogP contribution is -2.25. The van der Waals surface area contributed by atoms with E-state index in [1.807, 2.05) is 6.26 Å². The third-order valence-corrected chi connectivity index (χ3v) is 10.6. The fraction of sp³-hybridized carbons (Fsp3) is 0.800. The molecular weight excluding hydrogens is 280 g/mol. The molecule has 6 heteroatoms. The molecule has 2 nitrogen and oxygen atoms in total. The van der Waals surface area contributed by atoms with Crippen LogP contribution in [0, 0.1) is 11.8 Å². The normalized spacial score (nSPS) is 40.8. The van der Waals surface area contributed by atoms with Crippen LogP contribution in [0.2, 0.25) is 0 Å². The molecule has 0 aromatic rings. The fourth-order valence-electron chi connectivity index (χ4n) is 1.83. The molecule has 0 radical (unpaired) electrons. The minimum absolute atomic E-state index is 0.115. The van der Waals surface area contributed by atoms with Gasteiger partial charge in [-0.3, -0.25) is 8.42 Å². The molecule has 1 heterocycles. The molecule has 0 amide bonds. The summed E-state index contributed by atoms with van der Waals surface area (Å²) in [6.45, 7) is 7.77. The third kappa shape index (κ3) is 2.94. The molecule has 0 aromatic heterocycles. The van der Waals surface area contributed by atoms with Crippen LogP contribution in [0.4, 0.5) is 0 Å². The third-order valence-electron chi connectivity index (χ3n) is 2.88. The highest BCUT2D eigenvalue weighted by molar-refractivity contribution is 8.78. The minimum Gasteiger partial charge on any atom is -0.258 e. The summed E-state index contributed by atoms with van der Waals surface area (Å²) in [5.41, 5.74) is 0. The van der Waals surface area contributed by atoms with E-state index in [1.54, 1.807) is 27.7 Å². The predicted octanol–water partition coefficient (Wildman–Crippen LogP) is 2.62. The zero-order valence-corrected chi connectivity index (χ0v) is 13.0. The summed E-state index contributed by atoms with van der Waals surface area (Å²) in [6, 6.07) is 0. The average Bonchev–Trinajstić information content (AvgIpc) is 2.44. The standard InChI is InChI=1S/C10H18O2S4/c1-5-6-15(11)10-8(3)7(2)9(14-13-4)16(10)12/h5,7-10H,1,6H2,2-4H3/t7-,8+,9+,10-,15?,16?/m1/s1. The van der Waals surface area contributed by atoms with Crippen LogP contribution in [0.3, 0.4) is 0 Å². The van der Waals surface area contributed by atoms with Gasteiger partial charge in [-0.05, 0) is 18.1 Å². The van der Waals surface area contributed by atoms with Crippen LogP contribution in [-0.4, -0.2) is 29.6 Å². The lowest BCUT2D eigenvalue weighted by Gasteiger charge is -2.15. The van der Waals surface area contributed by atoms with E-state index >= 15 is 0 Å². The Labute approximate surface area is 111 Å². The first kappa shape index (κ1) is 14.8. The zero-order valence-electron chi connectivity index (χ0n) is 9.75. The van der Waals surface area contributed by atoms with Crippen molar-refractivity contribution in [2.45, 2.75) is 23.0 Å². The molecule has 0 aromatic carbocycles. The van der Waals surface area contributed by atoms with Gasteiger partial charge in [-0.15, -0.1) is 6.58 Å². The summed E-state index contributed by atoms with van der Waals surface area (Å²) in [5, 5.41) is 0. The van der Waals surface area contributed by atoms with Crippen LogP contribution in [0.1, 0.15) is 13.8 Å². The summed E-state index contributed by atoms with van der Waals surface area (Å²) in [7, 11) is 1.26. The monoisotopic (exact) mass is 298 g/mol. The lowest BCUT2D eigenvalue weighted by atomic mass is 10.0. The Morgan fingerprint density at radius 1 is 1.44 bits per heavy atom. The maximum Gasteiger partial charge on any atom is 0.114 e. The van der Waals surface area contributed by atoms with Crippen LogP contribution in [0.15, 0.2) is 12.7 Å². The molecule has 1 aliphatic heterocycles. The van der Waals surface area contributed by atoms with Gasteiger partial charge < -0.3 is 0 Å². The van der Waals surface area contributed by atoms with E-state index in [4.69, 9.17) is 0 Å². The topological polar surface area (TPSA) is 34.1 Å². The van der Waals surface area contributed by atoms with E-state index in [1.165, 1.54) is 0 Å². The summed E-state index contributed by atoms with van der Waals surface area (Å²) in [5.74, 6) is 1.06. The average molecular weight is 299 g/mol. The molecule has 94 valence electrons. The predicted molar refractivity (Wildman–Crippen MR) is 78.4 cm³/mol. The first-order valence-corrected chi connectivity index (χ1v) is 10.4. The van der Waals surface area contributed by atoms with Crippen LogP contribution in [-0.2, 0) is 21.6 Å². The van der Waals surface area contributed by atoms with Crippen molar-refractivity contribution in [1.82, 2.24) is 0 Å². The van der Waals surface area contributed by atoms with Crippen molar-refractivity contribution in [3.63, 3.8) is 0 Å². The molecule has 1 rings (SSSR count). The van der Waals surface area contributed by atoms with Crippen molar-refractivity contribution < 1.29 is 8.42 Å². The summed E-state index contributed by atoms with van der Waals surface area (Å²) >= 11 is 0. The first-order valence-electron chi connectivity index (χ1n) is 5.11. The second-order valence-corrected chi connectivity index (χ2v) is 10.4. The van der Waals surface area contributed by atoms with Crippen molar-refractivity contribution in [3.05, 3.63) is 12.7 Å². The molecule has 0 N–H and O–H groups in total. The van der Waals surface area contributed by atoms with Gasteiger partial charge in [0.2, 0.25) is 0 Å². The van der Waals surface area contributed by atoms with Crippen molar-refractivity contribution in [1.29, 1.82) is 0 Å². The van der Waals surface area contributed by atoms with Crippen molar-refractivity contribution in [2.24, 2.45) is 11.8 Å². The Bertz CT molecular complexity index is 305. The van der Waals surface area contributed by atoms with Crippen molar-refractivity contribution in [2.75, 3.05) is 12.0 Å². The molecule has 0 aliphatic carbocycles. The van der Waals surface area contributed by atoms with Gasteiger partial charge in [0.05, 0.1) is 15.4 Å². The molecule has 0 spiro atoms. The zero-order chi connectivity index (χ0) is 12.3. The van der Waals surface area contributed by atoms with Crippen LogP contribution >= 0.6 is 21.6 Å².